The summed E-state index contributed by atoms with van der Waals surface area (Å²) in [5.74, 6) is 0.909. The molecule has 5 nitrogen and oxygen atoms in total. The standard InChI is InChI=1S/C17H26N2O3S/c20-17-8-4-7-16(13-17)18-9-11-19(12-10-18)23(21,22)14-15-5-2-1-3-6-15/h4,7-8,13,15,20H,1-3,5-6,9-12,14H2. The molecule has 0 bridgehead atoms. The summed E-state index contributed by atoms with van der Waals surface area (Å²) >= 11 is 0. The largest absolute Gasteiger partial charge is 0.508 e. The molecule has 0 amide bonds. The molecule has 1 aliphatic carbocycles. The third-order valence-corrected chi connectivity index (χ3v) is 7.04. The van der Waals surface area contributed by atoms with Crippen LogP contribution in [0.15, 0.2) is 24.3 Å². The molecule has 6 heteroatoms. The first kappa shape index (κ1) is 16.6. The van der Waals surface area contributed by atoms with Gasteiger partial charge in [0.2, 0.25) is 10.0 Å². The van der Waals surface area contributed by atoms with Crippen molar-refractivity contribution < 1.29 is 13.5 Å². The van der Waals surface area contributed by atoms with E-state index in [4.69, 9.17) is 0 Å². The molecule has 0 aromatic heterocycles. The van der Waals surface area contributed by atoms with E-state index < -0.39 is 10.0 Å². The molecule has 3 rings (SSSR count). The van der Waals surface area contributed by atoms with Crippen molar-refractivity contribution in [2.45, 2.75) is 32.1 Å². The van der Waals surface area contributed by atoms with Crippen molar-refractivity contribution in [3.8, 4) is 5.75 Å². The van der Waals surface area contributed by atoms with E-state index in [1.807, 2.05) is 12.1 Å². The molecule has 2 fully saturated rings. The number of aromatic hydroxyl groups is 1. The van der Waals surface area contributed by atoms with Gasteiger partial charge >= 0.3 is 0 Å². The highest BCUT2D eigenvalue weighted by atomic mass is 32.2. The van der Waals surface area contributed by atoms with Crippen LogP contribution in [0.4, 0.5) is 5.69 Å². The van der Waals surface area contributed by atoms with E-state index in [1.165, 1.54) is 19.3 Å². The Kier molecular flexibility index (Phi) is 5.11. The molecule has 0 atom stereocenters. The minimum Gasteiger partial charge on any atom is -0.508 e. The highest BCUT2D eigenvalue weighted by Crippen LogP contribution is 2.27. The van der Waals surface area contributed by atoms with Crippen LogP contribution in [-0.2, 0) is 10.0 Å². The van der Waals surface area contributed by atoms with Gasteiger partial charge in [0, 0.05) is 37.9 Å². The molecule has 128 valence electrons. The smallest absolute Gasteiger partial charge is 0.214 e. The first-order chi connectivity index (χ1) is 11.0. The number of anilines is 1. The molecule has 0 radical (unpaired) electrons. The zero-order valence-electron chi connectivity index (χ0n) is 13.5. The van der Waals surface area contributed by atoms with Gasteiger partial charge in [-0.3, -0.25) is 0 Å². The number of nitrogens with zero attached hydrogens (tertiary/aromatic N) is 2. The number of hydrogen-bond acceptors (Lipinski definition) is 4. The SMILES string of the molecule is O=S(=O)(CC1CCCCC1)N1CCN(c2cccc(O)c2)CC1. The first-order valence-electron chi connectivity index (χ1n) is 8.56. The Labute approximate surface area is 139 Å². The van der Waals surface area contributed by atoms with Crippen molar-refractivity contribution in [2.75, 3.05) is 36.8 Å². The lowest BCUT2D eigenvalue weighted by atomic mass is 9.91. The highest BCUT2D eigenvalue weighted by molar-refractivity contribution is 7.89. The lowest BCUT2D eigenvalue weighted by Gasteiger charge is -2.36. The van der Waals surface area contributed by atoms with Crippen molar-refractivity contribution >= 4 is 15.7 Å². The van der Waals surface area contributed by atoms with Crippen LogP contribution in [0.5, 0.6) is 5.75 Å². The molecular weight excluding hydrogens is 312 g/mol. The van der Waals surface area contributed by atoms with Crippen LogP contribution in [0.1, 0.15) is 32.1 Å². The number of phenolic OH excluding ortho intramolecular Hbond substituents is 1. The second-order valence-corrected chi connectivity index (χ2v) is 8.70. The topological polar surface area (TPSA) is 60.9 Å². The van der Waals surface area contributed by atoms with Gasteiger partial charge < -0.3 is 10.0 Å². The van der Waals surface area contributed by atoms with E-state index in [0.717, 1.165) is 18.5 Å². The third kappa shape index (κ3) is 4.18. The summed E-state index contributed by atoms with van der Waals surface area (Å²) < 4.78 is 26.9. The fourth-order valence-corrected chi connectivity index (χ4v) is 5.53. The van der Waals surface area contributed by atoms with E-state index in [2.05, 4.69) is 4.90 Å². The Morgan fingerprint density at radius 3 is 2.39 bits per heavy atom. The zero-order chi connectivity index (χ0) is 16.3. The number of phenols is 1. The molecule has 1 aromatic carbocycles. The summed E-state index contributed by atoms with van der Waals surface area (Å²) in [4.78, 5) is 2.13. The van der Waals surface area contributed by atoms with Crippen molar-refractivity contribution in [1.29, 1.82) is 0 Å². The maximum Gasteiger partial charge on any atom is 0.214 e. The molecular formula is C17H26N2O3S. The van der Waals surface area contributed by atoms with Crippen LogP contribution in [0.3, 0.4) is 0 Å². The molecule has 0 spiro atoms. The van der Waals surface area contributed by atoms with Crippen LogP contribution < -0.4 is 4.90 Å². The van der Waals surface area contributed by atoms with Crippen LogP contribution in [-0.4, -0.2) is 49.8 Å². The highest BCUT2D eigenvalue weighted by Gasteiger charge is 2.30. The van der Waals surface area contributed by atoms with Crippen LogP contribution in [0, 0.1) is 5.92 Å². The van der Waals surface area contributed by atoms with Crippen molar-refractivity contribution in [2.24, 2.45) is 5.92 Å². The summed E-state index contributed by atoms with van der Waals surface area (Å²) in [6.45, 7) is 2.41. The van der Waals surface area contributed by atoms with Gasteiger partial charge in [0.15, 0.2) is 0 Å². The van der Waals surface area contributed by atoms with Gasteiger partial charge in [-0.25, -0.2) is 8.42 Å². The molecule has 1 aromatic rings. The van der Waals surface area contributed by atoms with Crippen LogP contribution in [0.2, 0.25) is 0 Å². The Balaban J connectivity index is 1.57. The second-order valence-electron chi connectivity index (χ2n) is 6.69. The quantitative estimate of drug-likeness (QED) is 0.916. The fourth-order valence-electron chi connectivity index (χ4n) is 3.67. The second kappa shape index (κ2) is 7.09. The average Bonchev–Trinajstić information content (AvgIpc) is 2.55. The van der Waals surface area contributed by atoms with Crippen molar-refractivity contribution in [1.82, 2.24) is 4.31 Å². The minimum atomic E-state index is -3.14. The third-order valence-electron chi connectivity index (χ3n) is 5.00. The number of benzene rings is 1. The van der Waals surface area contributed by atoms with Crippen molar-refractivity contribution in [3.63, 3.8) is 0 Å². The molecule has 1 saturated carbocycles. The van der Waals surface area contributed by atoms with E-state index in [0.29, 0.717) is 37.8 Å². The first-order valence-corrected chi connectivity index (χ1v) is 10.2. The van der Waals surface area contributed by atoms with Gasteiger partial charge in [0.25, 0.3) is 0 Å². The predicted molar refractivity (Wildman–Crippen MR) is 92.3 cm³/mol. The Hall–Kier alpha value is -1.27. The monoisotopic (exact) mass is 338 g/mol. The molecule has 23 heavy (non-hydrogen) atoms. The number of rotatable bonds is 4. The summed E-state index contributed by atoms with van der Waals surface area (Å²) in [5, 5.41) is 9.57. The lowest BCUT2D eigenvalue weighted by molar-refractivity contribution is 0.356. The summed E-state index contributed by atoms with van der Waals surface area (Å²) in [5.41, 5.74) is 0.953. The lowest BCUT2D eigenvalue weighted by Crippen LogP contribution is -2.49. The molecule has 1 aliphatic heterocycles. The average molecular weight is 338 g/mol. The molecule has 0 unspecified atom stereocenters. The maximum atomic E-state index is 12.6. The van der Waals surface area contributed by atoms with Crippen LogP contribution >= 0.6 is 0 Å². The normalized spacial score (nSPS) is 21.5. The maximum absolute atomic E-state index is 12.6. The molecule has 1 saturated heterocycles. The molecule has 1 N–H and O–H groups in total. The minimum absolute atomic E-state index is 0.245. The van der Waals surface area contributed by atoms with E-state index in [9.17, 15) is 13.5 Å². The number of hydrogen-bond donors (Lipinski definition) is 1. The number of piperazine rings is 1. The fraction of sp³-hybridized carbons (Fsp3) is 0.647. The van der Waals surface area contributed by atoms with E-state index >= 15 is 0 Å². The molecule has 2 aliphatic rings. The Morgan fingerprint density at radius 1 is 1.04 bits per heavy atom. The molecule has 1 heterocycles. The summed E-state index contributed by atoms with van der Waals surface area (Å²) in [7, 11) is -3.14. The van der Waals surface area contributed by atoms with Crippen LogP contribution in [0.25, 0.3) is 0 Å². The summed E-state index contributed by atoms with van der Waals surface area (Å²) in [6.07, 6.45) is 5.71. The zero-order valence-corrected chi connectivity index (χ0v) is 14.3. The Morgan fingerprint density at radius 2 is 1.74 bits per heavy atom. The van der Waals surface area contributed by atoms with Crippen molar-refractivity contribution in [3.05, 3.63) is 24.3 Å². The van der Waals surface area contributed by atoms with Gasteiger partial charge in [-0.1, -0.05) is 25.3 Å². The summed E-state index contributed by atoms with van der Waals surface area (Å²) in [6, 6.07) is 7.14. The number of sulfonamides is 1. The van der Waals surface area contributed by atoms with Gasteiger partial charge in [-0.2, -0.15) is 4.31 Å². The van der Waals surface area contributed by atoms with Gasteiger partial charge in [-0.15, -0.1) is 0 Å². The predicted octanol–water partition coefficient (Wildman–Crippen LogP) is 2.42. The van der Waals surface area contributed by atoms with E-state index in [1.54, 1.807) is 16.4 Å². The van der Waals surface area contributed by atoms with Gasteiger partial charge in [-0.05, 0) is 30.9 Å². The van der Waals surface area contributed by atoms with Gasteiger partial charge in [0.05, 0.1) is 5.75 Å². The van der Waals surface area contributed by atoms with Gasteiger partial charge in [0.1, 0.15) is 5.75 Å². The Bertz CT molecular complexity index is 618. The van der Waals surface area contributed by atoms with E-state index in [-0.39, 0.29) is 5.75 Å².